The summed E-state index contributed by atoms with van der Waals surface area (Å²) < 4.78 is 21.8. The number of hydrogen-bond donors (Lipinski definition) is 0. The zero-order valence-corrected chi connectivity index (χ0v) is 19.3. The summed E-state index contributed by atoms with van der Waals surface area (Å²) in [5, 5.41) is 11.6. The molecule has 0 aliphatic heterocycles. The van der Waals surface area contributed by atoms with Crippen LogP contribution in [0.3, 0.4) is 0 Å². The number of benzene rings is 3. The van der Waals surface area contributed by atoms with Crippen LogP contribution in [0.2, 0.25) is 0 Å². The largest absolute Gasteiger partial charge is 0.493 e. The smallest absolute Gasteiger partial charge is 0.339 e. The van der Waals surface area contributed by atoms with E-state index in [4.69, 9.17) is 23.9 Å². The molecule has 0 aliphatic carbocycles. The molecule has 0 unspecified atom stereocenters. The number of carbonyl (C=O) groups excluding carboxylic acids is 1. The third kappa shape index (κ3) is 4.84. The van der Waals surface area contributed by atoms with Crippen LogP contribution in [-0.4, -0.2) is 37.2 Å². The number of hydrogen-bond acceptors (Lipinski definition) is 8. The molecule has 0 bridgehead atoms. The van der Waals surface area contributed by atoms with Crippen molar-refractivity contribution in [2.45, 2.75) is 6.61 Å². The molecule has 9 nitrogen and oxygen atoms in total. The van der Waals surface area contributed by atoms with Gasteiger partial charge in [0.05, 0.1) is 43.0 Å². The molecule has 0 amide bonds. The molecule has 35 heavy (non-hydrogen) atoms. The molecule has 0 N–H and O–H groups in total. The fourth-order valence-corrected chi connectivity index (χ4v) is 3.71. The van der Waals surface area contributed by atoms with Gasteiger partial charge in [-0.15, -0.1) is 0 Å². The Labute approximate surface area is 201 Å². The van der Waals surface area contributed by atoms with Crippen LogP contribution in [0.1, 0.15) is 15.9 Å². The van der Waals surface area contributed by atoms with Gasteiger partial charge < -0.3 is 18.9 Å². The normalized spacial score (nSPS) is 10.6. The second kappa shape index (κ2) is 10.1. The minimum absolute atomic E-state index is 0.0717. The number of ether oxygens (including phenoxy) is 4. The van der Waals surface area contributed by atoms with Gasteiger partial charge in [0.2, 0.25) is 5.75 Å². The van der Waals surface area contributed by atoms with Crippen LogP contribution in [0, 0.1) is 10.1 Å². The van der Waals surface area contributed by atoms with E-state index in [0.717, 1.165) is 0 Å². The van der Waals surface area contributed by atoms with Crippen LogP contribution in [0.5, 0.6) is 17.2 Å². The van der Waals surface area contributed by atoms with Crippen LogP contribution in [0.4, 0.5) is 5.69 Å². The lowest BCUT2D eigenvalue weighted by Gasteiger charge is -2.15. The molecule has 178 valence electrons. The standard InChI is InChI=1S/C26H22N2O7/c1-32-23-12-17(13-24(33-2)25(23)34-3)22-14-20(19-9-4-5-10-21(19)27-22)26(29)35-15-16-7-6-8-18(11-16)28(30)31/h4-14H,15H2,1-3H3. The van der Waals surface area contributed by atoms with Gasteiger partial charge in [0.15, 0.2) is 11.5 Å². The number of rotatable bonds is 8. The number of methoxy groups -OCH3 is 3. The molecule has 0 atom stereocenters. The average Bonchev–Trinajstić information content (AvgIpc) is 2.90. The maximum absolute atomic E-state index is 13.1. The number of esters is 1. The van der Waals surface area contributed by atoms with Gasteiger partial charge in [0.1, 0.15) is 6.61 Å². The second-order valence-electron chi connectivity index (χ2n) is 7.49. The molecular weight excluding hydrogens is 452 g/mol. The molecule has 9 heteroatoms. The molecule has 0 aliphatic rings. The topological polar surface area (TPSA) is 110 Å². The Morgan fingerprint density at radius 2 is 1.63 bits per heavy atom. The van der Waals surface area contributed by atoms with E-state index in [0.29, 0.717) is 50.5 Å². The van der Waals surface area contributed by atoms with E-state index < -0.39 is 10.9 Å². The molecule has 1 aromatic heterocycles. The first-order valence-electron chi connectivity index (χ1n) is 10.6. The van der Waals surface area contributed by atoms with E-state index in [1.807, 2.05) is 6.07 Å². The van der Waals surface area contributed by atoms with Gasteiger partial charge in [-0.05, 0) is 29.8 Å². The summed E-state index contributed by atoms with van der Waals surface area (Å²) in [4.78, 5) is 28.4. The molecule has 1 heterocycles. The Balaban J connectivity index is 1.74. The predicted octanol–water partition coefficient (Wildman–Crippen LogP) is 5.19. The summed E-state index contributed by atoms with van der Waals surface area (Å²) >= 11 is 0. The Bertz CT molecular complexity index is 1390. The van der Waals surface area contributed by atoms with E-state index in [9.17, 15) is 14.9 Å². The molecule has 0 saturated heterocycles. The summed E-state index contributed by atoms with van der Waals surface area (Å²) in [6.07, 6.45) is 0. The maximum atomic E-state index is 13.1. The fraction of sp³-hybridized carbons (Fsp3) is 0.154. The predicted molar refractivity (Wildman–Crippen MR) is 129 cm³/mol. The Morgan fingerprint density at radius 1 is 0.914 bits per heavy atom. The molecule has 0 saturated carbocycles. The van der Waals surface area contributed by atoms with Crippen LogP contribution >= 0.6 is 0 Å². The molecule has 3 aromatic carbocycles. The number of non-ortho nitro benzene ring substituents is 1. The monoisotopic (exact) mass is 474 g/mol. The molecular formula is C26H22N2O7. The van der Waals surface area contributed by atoms with Gasteiger partial charge in [-0.2, -0.15) is 0 Å². The zero-order valence-electron chi connectivity index (χ0n) is 19.3. The minimum atomic E-state index is -0.580. The summed E-state index contributed by atoms with van der Waals surface area (Å²) in [5.41, 5.74) is 2.50. The van der Waals surface area contributed by atoms with Crippen LogP contribution in [0.15, 0.2) is 66.7 Å². The lowest BCUT2D eigenvalue weighted by molar-refractivity contribution is -0.384. The maximum Gasteiger partial charge on any atom is 0.339 e. The number of nitro groups is 1. The third-order valence-electron chi connectivity index (χ3n) is 5.39. The summed E-state index contributed by atoms with van der Waals surface area (Å²) in [5.74, 6) is 0.762. The van der Waals surface area contributed by atoms with Crippen LogP contribution in [-0.2, 0) is 11.3 Å². The zero-order chi connectivity index (χ0) is 24.9. The first-order chi connectivity index (χ1) is 16.9. The highest BCUT2D eigenvalue weighted by molar-refractivity contribution is 6.04. The first kappa shape index (κ1) is 23.5. The van der Waals surface area contributed by atoms with E-state index in [1.54, 1.807) is 48.5 Å². The molecule has 4 rings (SSSR count). The molecule has 0 spiro atoms. The lowest BCUT2D eigenvalue weighted by Crippen LogP contribution is -2.07. The number of pyridine rings is 1. The Kier molecular flexibility index (Phi) is 6.77. The number of aromatic nitrogens is 1. The van der Waals surface area contributed by atoms with Gasteiger partial charge in [0, 0.05) is 23.1 Å². The van der Waals surface area contributed by atoms with Crippen molar-refractivity contribution in [3.63, 3.8) is 0 Å². The highest BCUT2D eigenvalue weighted by Crippen LogP contribution is 2.41. The van der Waals surface area contributed by atoms with Crippen molar-refractivity contribution >= 4 is 22.6 Å². The fourth-order valence-electron chi connectivity index (χ4n) is 3.71. The van der Waals surface area contributed by atoms with Gasteiger partial charge in [-0.3, -0.25) is 10.1 Å². The Hall–Kier alpha value is -4.66. The number of fused-ring (bicyclic) bond motifs is 1. The summed E-state index contributed by atoms with van der Waals surface area (Å²) in [6.45, 7) is -0.114. The number of nitrogens with zero attached hydrogens (tertiary/aromatic N) is 2. The number of para-hydroxylation sites is 1. The van der Waals surface area contributed by atoms with Crippen molar-refractivity contribution < 1.29 is 28.7 Å². The van der Waals surface area contributed by atoms with Gasteiger partial charge >= 0.3 is 5.97 Å². The highest BCUT2D eigenvalue weighted by Gasteiger charge is 2.19. The van der Waals surface area contributed by atoms with Gasteiger partial charge in [0.25, 0.3) is 5.69 Å². The summed E-state index contributed by atoms with van der Waals surface area (Å²) in [7, 11) is 4.56. The highest BCUT2D eigenvalue weighted by atomic mass is 16.6. The van der Waals surface area contributed by atoms with Crippen molar-refractivity contribution in [1.82, 2.24) is 4.98 Å². The SMILES string of the molecule is COc1cc(-c2cc(C(=O)OCc3cccc([N+](=O)[O-])c3)c3ccccc3n2)cc(OC)c1OC. The van der Waals surface area contributed by atoms with Crippen molar-refractivity contribution in [3.05, 3.63) is 88.0 Å². The van der Waals surface area contributed by atoms with Gasteiger partial charge in [-0.1, -0.05) is 30.3 Å². The molecule has 4 aromatic rings. The molecule has 0 fully saturated rings. The first-order valence-corrected chi connectivity index (χ1v) is 10.6. The average molecular weight is 474 g/mol. The van der Waals surface area contributed by atoms with E-state index in [1.165, 1.54) is 33.5 Å². The lowest BCUT2D eigenvalue weighted by atomic mass is 10.0. The van der Waals surface area contributed by atoms with Crippen LogP contribution in [0.25, 0.3) is 22.2 Å². The minimum Gasteiger partial charge on any atom is -0.493 e. The van der Waals surface area contributed by atoms with Crippen molar-refractivity contribution in [1.29, 1.82) is 0 Å². The van der Waals surface area contributed by atoms with Gasteiger partial charge in [-0.25, -0.2) is 9.78 Å². The quantitative estimate of drug-likeness (QED) is 0.195. The Morgan fingerprint density at radius 3 is 2.29 bits per heavy atom. The third-order valence-corrected chi connectivity index (χ3v) is 5.39. The molecule has 0 radical (unpaired) electrons. The van der Waals surface area contributed by atoms with Crippen molar-refractivity contribution in [2.24, 2.45) is 0 Å². The van der Waals surface area contributed by atoms with Crippen molar-refractivity contribution in [3.8, 4) is 28.5 Å². The van der Waals surface area contributed by atoms with E-state index in [2.05, 4.69) is 0 Å². The van der Waals surface area contributed by atoms with Crippen molar-refractivity contribution in [2.75, 3.05) is 21.3 Å². The number of nitro benzene ring substituents is 1. The van der Waals surface area contributed by atoms with Crippen LogP contribution < -0.4 is 14.2 Å². The number of carbonyl (C=O) groups is 1. The summed E-state index contributed by atoms with van der Waals surface area (Å²) in [6, 6.07) is 18.3. The van der Waals surface area contributed by atoms with E-state index >= 15 is 0 Å². The van der Waals surface area contributed by atoms with E-state index in [-0.39, 0.29) is 12.3 Å². The second-order valence-corrected chi connectivity index (χ2v) is 7.49.